The first-order valence-corrected chi connectivity index (χ1v) is 6.52. The monoisotopic (exact) mass is 269 g/mol. The van der Waals surface area contributed by atoms with Crippen molar-refractivity contribution in [3.63, 3.8) is 0 Å². The van der Waals surface area contributed by atoms with E-state index in [2.05, 4.69) is 4.98 Å². The summed E-state index contributed by atoms with van der Waals surface area (Å²) in [6, 6.07) is 12.8. The van der Waals surface area contributed by atoms with Crippen molar-refractivity contribution >= 4 is 10.9 Å². The number of aromatic nitrogens is 1. The summed E-state index contributed by atoms with van der Waals surface area (Å²) in [5, 5.41) is 0.892. The van der Waals surface area contributed by atoms with E-state index in [1.165, 1.54) is 24.3 Å². The molecule has 0 spiro atoms. The molecule has 0 aliphatic rings. The lowest BCUT2D eigenvalue weighted by molar-refractivity contribution is 0.628. The normalized spacial score (nSPS) is 10.9. The average Bonchev–Trinajstić information content (AvgIpc) is 2.45. The molecule has 0 aliphatic heterocycles. The molecule has 1 nitrogen and oxygen atoms in total. The summed E-state index contributed by atoms with van der Waals surface area (Å²) < 4.78 is 26.7. The zero-order chi connectivity index (χ0) is 14.1. The highest BCUT2D eigenvalue weighted by Gasteiger charge is 2.09. The molecule has 3 aromatic rings. The minimum atomic E-state index is -0.320. The van der Waals surface area contributed by atoms with E-state index in [1.807, 2.05) is 19.1 Å². The van der Waals surface area contributed by atoms with Crippen LogP contribution < -0.4 is 0 Å². The van der Waals surface area contributed by atoms with Crippen LogP contribution in [0.3, 0.4) is 0 Å². The molecule has 0 saturated carbocycles. The number of hydrogen-bond acceptors (Lipinski definition) is 1. The molecule has 3 rings (SSSR count). The minimum Gasteiger partial charge on any atom is -0.247 e. The molecule has 0 fully saturated rings. The second kappa shape index (κ2) is 5.00. The van der Waals surface area contributed by atoms with Crippen LogP contribution in [0.25, 0.3) is 22.2 Å². The molecule has 0 atom stereocenters. The van der Waals surface area contributed by atoms with Crippen LogP contribution in [-0.4, -0.2) is 4.98 Å². The summed E-state index contributed by atoms with van der Waals surface area (Å²) in [4.78, 5) is 4.51. The number of benzene rings is 2. The summed E-state index contributed by atoms with van der Waals surface area (Å²) in [6.07, 6.45) is 0.784. The van der Waals surface area contributed by atoms with E-state index in [9.17, 15) is 8.78 Å². The summed E-state index contributed by atoms with van der Waals surface area (Å²) in [5.41, 5.74) is 3.04. The Morgan fingerprint density at radius 2 is 1.75 bits per heavy atom. The summed E-state index contributed by atoms with van der Waals surface area (Å²) in [7, 11) is 0. The summed E-state index contributed by atoms with van der Waals surface area (Å²) >= 11 is 0. The second-order valence-electron chi connectivity index (χ2n) is 4.70. The third kappa shape index (κ3) is 2.27. The van der Waals surface area contributed by atoms with Gasteiger partial charge in [0.1, 0.15) is 11.6 Å². The number of hydrogen-bond donors (Lipinski definition) is 0. The predicted molar refractivity (Wildman–Crippen MR) is 76.5 cm³/mol. The molecule has 3 heteroatoms. The molecule has 2 aromatic carbocycles. The Bertz CT molecular complexity index is 781. The van der Waals surface area contributed by atoms with Crippen molar-refractivity contribution in [2.45, 2.75) is 13.3 Å². The zero-order valence-electron chi connectivity index (χ0n) is 11.0. The first kappa shape index (κ1) is 12.7. The Labute approximate surface area is 115 Å². The number of nitrogens with zero attached hydrogens (tertiary/aromatic N) is 1. The van der Waals surface area contributed by atoms with Gasteiger partial charge >= 0.3 is 0 Å². The quantitative estimate of drug-likeness (QED) is 0.654. The van der Waals surface area contributed by atoms with E-state index < -0.39 is 0 Å². The van der Waals surface area contributed by atoms with Crippen LogP contribution >= 0.6 is 0 Å². The lowest BCUT2D eigenvalue weighted by Crippen LogP contribution is -1.94. The Balaban J connectivity index is 2.27. The lowest BCUT2D eigenvalue weighted by atomic mass is 10.0. The van der Waals surface area contributed by atoms with Gasteiger partial charge in [0, 0.05) is 17.0 Å². The summed E-state index contributed by atoms with van der Waals surface area (Å²) in [5.74, 6) is -0.620. The van der Waals surface area contributed by atoms with Crippen molar-refractivity contribution in [2.24, 2.45) is 0 Å². The molecular weight excluding hydrogens is 256 g/mol. The maximum atomic E-state index is 13.4. The van der Waals surface area contributed by atoms with Gasteiger partial charge in [-0.2, -0.15) is 0 Å². The third-order valence-electron chi connectivity index (χ3n) is 3.34. The van der Waals surface area contributed by atoms with Crippen molar-refractivity contribution in [3.05, 3.63) is 65.7 Å². The van der Waals surface area contributed by atoms with E-state index in [0.717, 1.165) is 17.4 Å². The molecule has 0 bridgehead atoms. The van der Waals surface area contributed by atoms with Gasteiger partial charge in [0.25, 0.3) is 0 Å². The van der Waals surface area contributed by atoms with Crippen LogP contribution in [0.5, 0.6) is 0 Å². The third-order valence-corrected chi connectivity index (χ3v) is 3.34. The molecule has 0 aliphatic carbocycles. The maximum absolute atomic E-state index is 13.4. The molecule has 0 amide bonds. The van der Waals surface area contributed by atoms with Gasteiger partial charge in [0.15, 0.2) is 0 Å². The van der Waals surface area contributed by atoms with Crippen LogP contribution in [0, 0.1) is 11.6 Å². The van der Waals surface area contributed by atoms with Gasteiger partial charge in [0.05, 0.1) is 11.2 Å². The van der Waals surface area contributed by atoms with Crippen molar-refractivity contribution in [3.8, 4) is 11.3 Å². The predicted octanol–water partition coefficient (Wildman–Crippen LogP) is 4.74. The van der Waals surface area contributed by atoms with E-state index in [4.69, 9.17) is 0 Å². The van der Waals surface area contributed by atoms with E-state index in [0.29, 0.717) is 16.8 Å². The average molecular weight is 269 g/mol. The zero-order valence-corrected chi connectivity index (χ0v) is 11.0. The Morgan fingerprint density at radius 3 is 2.50 bits per heavy atom. The molecular formula is C17H13F2N. The van der Waals surface area contributed by atoms with Gasteiger partial charge < -0.3 is 0 Å². The van der Waals surface area contributed by atoms with Crippen molar-refractivity contribution in [1.29, 1.82) is 0 Å². The summed E-state index contributed by atoms with van der Waals surface area (Å²) in [6.45, 7) is 2.02. The fraction of sp³-hybridized carbons (Fsp3) is 0.118. The highest BCUT2D eigenvalue weighted by Crippen LogP contribution is 2.27. The van der Waals surface area contributed by atoms with Crippen LogP contribution in [-0.2, 0) is 6.42 Å². The second-order valence-corrected chi connectivity index (χ2v) is 4.70. The highest BCUT2D eigenvalue weighted by molar-refractivity contribution is 5.83. The van der Waals surface area contributed by atoms with E-state index >= 15 is 0 Å². The Hall–Kier alpha value is -2.29. The molecule has 0 unspecified atom stereocenters. The fourth-order valence-corrected chi connectivity index (χ4v) is 2.34. The number of pyridine rings is 1. The highest BCUT2D eigenvalue weighted by atomic mass is 19.1. The Morgan fingerprint density at radius 1 is 0.950 bits per heavy atom. The van der Waals surface area contributed by atoms with Crippen LogP contribution in [0.15, 0.2) is 48.5 Å². The molecule has 1 heterocycles. The van der Waals surface area contributed by atoms with Gasteiger partial charge in [-0.3, -0.25) is 0 Å². The largest absolute Gasteiger partial charge is 0.247 e. The molecule has 0 saturated heterocycles. The Kier molecular flexibility index (Phi) is 3.18. The van der Waals surface area contributed by atoms with Crippen molar-refractivity contribution in [1.82, 2.24) is 4.98 Å². The minimum absolute atomic E-state index is 0.300. The standard InChI is InChI=1S/C17H13F2N/c1-2-11-8-12-6-7-15(19)10-16(12)20-17(11)13-4-3-5-14(18)9-13/h3-10H,2H2,1H3. The number of aryl methyl sites for hydroxylation is 1. The van der Waals surface area contributed by atoms with Gasteiger partial charge in [-0.05, 0) is 42.3 Å². The van der Waals surface area contributed by atoms with Crippen LogP contribution in [0.4, 0.5) is 8.78 Å². The number of halogens is 2. The van der Waals surface area contributed by atoms with Gasteiger partial charge in [0.2, 0.25) is 0 Å². The van der Waals surface area contributed by atoms with E-state index in [1.54, 1.807) is 12.1 Å². The number of rotatable bonds is 2. The maximum Gasteiger partial charge on any atom is 0.125 e. The van der Waals surface area contributed by atoms with Gasteiger partial charge in [-0.15, -0.1) is 0 Å². The molecule has 1 aromatic heterocycles. The van der Waals surface area contributed by atoms with E-state index in [-0.39, 0.29) is 11.6 Å². The smallest absolute Gasteiger partial charge is 0.125 e. The first-order chi connectivity index (χ1) is 9.67. The fourth-order valence-electron chi connectivity index (χ4n) is 2.34. The van der Waals surface area contributed by atoms with Crippen LogP contribution in [0.1, 0.15) is 12.5 Å². The van der Waals surface area contributed by atoms with Gasteiger partial charge in [-0.25, -0.2) is 13.8 Å². The number of fused-ring (bicyclic) bond motifs is 1. The van der Waals surface area contributed by atoms with Crippen molar-refractivity contribution < 1.29 is 8.78 Å². The van der Waals surface area contributed by atoms with Crippen molar-refractivity contribution in [2.75, 3.05) is 0 Å². The molecule has 0 radical (unpaired) electrons. The van der Waals surface area contributed by atoms with Gasteiger partial charge in [-0.1, -0.05) is 19.1 Å². The molecule has 20 heavy (non-hydrogen) atoms. The van der Waals surface area contributed by atoms with Crippen LogP contribution in [0.2, 0.25) is 0 Å². The SMILES string of the molecule is CCc1cc2ccc(F)cc2nc1-c1cccc(F)c1. The molecule has 0 N–H and O–H groups in total. The molecule has 100 valence electrons. The lowest BCUT2D eigenvalue weighted by Gasteiger charge is -2.09. The first-order valence-electron chi connectivity index (χ1n) is 6.52. The topological polar surface area (TPSA) is 12.9 Å².